The van der Waals surface area contributed by atoms with Crippen molar-refractivity contribution in [2.24, 2.45) is 5.73 Å². The van der Waals surface area contributed by atoms with Crippen molar-refractivity contribution in [3.63, 3.8) is 0 Å². The van der Waals surface area contributed by atoms with Crippen LogP contribution >= 0.6 is 0 Å². The summed E-state index contributed by atoms with van der Waals surface area (Å²) in [5.41, 5.74) is 10.7. The molecule has 21 heavy (non-hydrogen) atoms. The zero-order valence-electron chi connectivity index (χ0n) is 11.7. The Bertz CT molecular complexity index is 791. The Labute approximate surface area is 123 Å². The summed E-state index contributed by atoms with van der Waals surface area (Å²) in [6.07, 6.45) is 3.89. The minimum atomic E-state index is -0.235. The highest BCUT2D eigenvalue weighted by Gasteiger charge is 2.22. The molecule has 2 N–H and O–H groups in total. The molecule has 1 unspecified atom stereocenters. The molecule has 2 aromatic carbocycles. The lowest BCUT2D eigenvalue weighted by Gasteiger charge is -2.23. The summed E-state index contributed by atoms with van der Waals surface area (Å²) >= 11 is 0. The molecular formula is C18H17NO2. The van der Waals surface area contributed by atoms with Crippen LogP contribution in [0, 0.1) is 0 Å². The van der Waals surface area contributed by atoms with Gasteiger partial charge < -0.3 is 14.9 Å². The van der Waals surface area contributed by atoms with Gasteiger partial charge in [-0.3, -0.25) is 0 Å². The Morgan fingerprint density at radius 3 is 2.86 bits per heavy atom. The number of hydrogen-bond donors (Lipinski definition) is 1. The van der Waals surface area contributed by atoms with Crippen molar-refractivity contribution in [3.8, 4) is 5.75 Å². The van der Waals surface area contributed by atoms with E-state index in [0.717, 1.165) is 47.3 Å². The molecule has 0 aliphatic carbocycles. The van der Waals surface area contributed by atoms with Crippen LogP contribution in [0.15, 0.2) is 53.1 Å². The molecule has 3 nitrogen and oxygen atoms in total. The van der Waals surface area contributed by atoms with Gasteiger partial charge >= 0.3 is 0 Å². The molecule has 0 fully saturated rings. The van der Waals surface area contributed by atoms with Crippen LogP contribution in [0.2, 0.25) is 0 Å². The summed E-state index contributed by atoms with van der Waals surface area (Å²) in [5.74, 6) is 0.960. The van der Waals surface area contributed by atoms with Crippen molar-refractivity contribution in [2.45, 2.75) is 18.9 Å². The molecule has 2 heterocycles. The molecule has 1 aliphatic heterocycles. The Morgan fingerprint density at radius 1 is 1.00 bits per heavy atom. The Morgan fingerprint density at radius 2 is 1.90 bits per heavy atom. The number of rotatable bonds is 2. The summed E-state index contributed by atoms with van der Waals surface area (Å²) in [4.78, 5) is 0. The fraction of sp³-hybridized carbons (Fsp3) is 0.222. The number of fused-ring (bicyclic) bond motifs is 2. The van der Waals surface area contributed by atoms with Crippen molar-refractivity contribution in [2.75, 3.05) is 6.61 Å². The Kier molecular flexibility index (Phi) is 2.93. The van der Waals surface area contributed by atoms with E-state index < -0.39 is 0 Å². The molecule has 1 aromatic heterocycles. The van der Waals surface area contributed by atoms with Gasteiger partial charge in [0.2, 0.25) is 0 Å². The van der Waals surface area contributed by atoms with Crippen molar-refractivity contribution >= 4 is 11.0 Å². The van der Waals surface area contributed by atoms with Gasteiger partial charge in [0.05, 0.1) is 18.9 Å². The summed E-state index contributed by atoms with van der Waals surface area (Å²) in [6.45, 7) is 0.767. The summed E-state index contributed by atoms with van der Waals surface area (Å²) < 4.78 is 11.5. The fourth-order valence-electron chi connectivity index (χ4n) is 3.07. The van der Waals surface area contributed by atoms with Crippen molar-refractivity contribution < 1.29 is 9.15 Å². The monoisotopic (exact) mass is 279 g/mol. The number of furan rings is 1. The maximum atomic E-state index is 6.51. The largest absolute Gasteiger partial charge is 0.493 e. The Hall–Kier alpha value is -2.26. The molecule has 0 saturated heterocycles. The van der Waals surface area contributed by atoms with E-state index in [0.29, 0.717) is 0 Å². The molecule has 3 aromatic rings. The van der Waals surface area contributed by atoms with E-state index in [1.54, 1.807) is 6.26 Å². The van der Waals surface area contributed by atoms with Crippen molar-refractivity contribution in [3.05, 3.63) is 65.4 Å². The van der Waals surface area contributed by atoms with Gasteiger partial charge in [-0.15, -0.1) is 0 Å². The second kappa shape index (κ2) is 4.93. The number of aryl methyl sites for hydroxylation is 1. The van der Waals surface area contributed by atoms with E-state index in [1.165, 1.54) is 5.56 Å². The van der Waals surface area contributed by atoms with Gasteiger partial charge in [-0.05, 0) is 24.5 Å². The maximum Gasteiger partial charge on any atom is 0.134 e. The minimum Gasteiger partial charge on any atom is -0.493 e. The fourth-order valence-corrected chi connectivity index (χ4v) is 3.07. The first-order chi connectivity index (χ1) is 10.3. The molecule has 0 spiro atoms. The van der Waals surface area contributed by atoms with Crippen LogP contribution in [0.5, 0.6) is 5.75 Å². The maximum absolute atomic E-state index is 6.51. The summed E-state index contributed by atoms with van der Waals surface area (Å²) in [7, 11) is 0. The van der Waals surface area contributed by atoms with Crippen LogP contribution in [0.4, 0.5) is 0 Å². The van der Waals surface area contributed by atoms with Crippen LogP contribution in [0.1, 0.15) is 29.2 Å². The number of para-hydroxylation sites is 2. The van der Waals surface area contributed by atoms with Gasteiger partial charge in [-0.2, -0.15) is 0 Å². The average Bonchev–Trinajstić information content (AvgIpc) is 2.98. The van der Waals surface area contributed by atoms with Gasteiger partial charge in [0.15, 0.2) is 0 Å². The van der Waals surface area contributed by atoms with E-state index in [1.807, 2.05) is 24.3 Å². The third-order valence-electron chi connectivity index (χ3n) is 4.14. The molecule has 0 saturated carbocycles. The number of hydrogen-bond acceptors (Lipinski definition) is 3. The number of nitrogens with two attached hydrogens (primary N) is 1. The summed E-state index contributed by atoms with van der Waals surface area (Å²) in [6, 6.07) is 14.0. The molecule has 4 rings (SSSR count). The standard InChI is InChI=1S/C18H17NO2/c19-17(15-11-21-16-9-2-1-7-13(15)16)14-8-3-5-12-6-4-10-20-18(12)14/h1-3,5,7-9,11,17H,4,6,10,19H2. The van der Waals surface area contributed by atoms with Crippen molar-refractivity contribution in [1.82, 2.24) is 0 Å². The lowest BCUT2D eigenvalue weighted by Crippen LogP contribution is -2.17. The third-order valence-corrected chi connectivity index (χ3v) is 4.14. The van der Waals surface area contributed by atoms with Crippen molar-refractivity contribution in [1.29, 1.82) is 0 Å². The normalized spacial score (nSPS) is 15.5. The van der Waals surface area contributed by atoms with E-state index in [4.69, 9.17) is 14.9 Å². The molecule has 1 aliphatic rings. The second-order valence-corrected chi connectivity index (χ2v) is 5.45. The second-order valence-electron chi connectivity index (χ2n) is 5.45. The first-order valence-corrected chi connectivity index (χ1v) is 7.31. The zero-order valence-corrected chi connectivity index (χ0v) is 11.7. The molecule has 0 radical (unpaired) electrons. The molecular weight excluding hydrogens is 262 g/mol. The molecule has 106 valence electrons. The highest BCUT2D eigenvalue weighted by molar-refractivity contribution is 5.82. The van der Waals surface area contributed by atoms with Gasteiger partial charge in [-0.25, -0.2) is 0 Å². The molecule has 1 atom stereocenters. The quantitative estimate of drug-likeness (QED) is 0.776. The van der Waals surface area contributed by atoms with Crippen LogP contribution in [-0.2, 0) is 6.42 Å². The minimum absolute atomic E-state index is 0.235. The first kappa shape index (κ1) is 12.5. The number of benzene rings is 2. The van der Waals surface area contributed by atoms with Crippen LogP contribution < -0.4 is 10.5 Å². The lowest BCUT2D eigenvalue weighted by atomic mass is 9.94. The Balaban J connectivity index is 1.83. The topological polar surface area (TPSA) is 48.4 Å². The highest BCUT2D eigenvalue weighted by Crippen LogP contribution is 2.37. The molecule has 0 bridgehead atoms. The molecule has 0 amide bonds. The average molecular weight is 279 g/mol. The number of ether oxygens (including phenoxy) is 1. The van der Waals surface area contributed by atoms with E-state index in [9.17, 15) is 0 Å². The predicted molar refractivity (Wildman–Crippen MR) is 82.5 cm³/mol. The SMILES string of the molecule is NC(c1cccc2c1OCCC2)c1coc2ccccc12. The first-order valence-electron chi connectivity index (χ1n) is 7.31. The summed E-state index contributed by atoms with van der Waals surface area (Å²) in [5, 5.41) is 1.07. The van der Waals surface area contributed by atoms with Crippen LogP contribution in [-0.4, -0.2) is 6.61 Å². The van der Waals surface area contributed by atoms with E-state index in [2.05, 4.69) is 18.2 Å². The van der Waals surface area contributed by atoms with E-state index >= 15 is 0 Å². The van der Waals surface area contributed by atoms with E-state index in [-0.39, 0.29) is 6.04 Å². The van der Waals surface area contributed by atoms with Gasteiger partial charge in [0.25, 0.3) is 0 Å². The van der Waals surface area contributed by atoms with Gasteiger partial charge in [0.1, 0.15) is 11.3 Å². The lowest BCUT2D eigenvalue weighted by molar-refractivity contribution is 0.284. The highest BCUT2D eigenvalue weighted by atomic mass is 16.5. The zero-order chi connectivity index (χ0) is 14.2. The van der Waals surface area contributed by atoms with Gasteiger partial charge in [-0.1, -0.05) is 36.4 Å². The smallest absolute Gasteiger partial charge is 0.134 e. The van der Waals surface area contributed by atoms with Gasteiger partial charge in [0, 0.05) is 16.5 Å². The molecule has 3 heteroatoms. The van der Waals surface area contributed by atoms with Crippen LogP contribution in [0.25, 0.3) is 11.0 Å². The van der Waals surface area contributed by atoms with Crippen LogP contribution in [0.3, 0.4) is 0 Å². The third kappa shape index (κ3) is 2.01. The predicted octanol–water partition coefficient (Wildman–Crippen LogP) is 3.81.